The van der Waals surface area contributed by atoms with E-state index in [4.69, 9.17) is 4.74 Å². The zero-order chi connectivity index (χ0) is 21.3. The van der Waals surface area contributed by atoms with Gasteiger partial charge in [-0.1, -0.05) is 30.3 Å². The Balaban J connectivity index is 1.40. The lowest BCUT2D eigenvalue weighted by molar-refractivity contribution is -0.137. The molecule has 0 aliphatic carbocycles. The summed E-state index contributed by atoms with van der Waals surface area (Å²) in [5, 5.41) is 4.77. The Morgan fingerprint density at radius 2 is 1.83 bits per heavy atom. The first kappa shape index (κ1) is 20.0. The Hall–Kier alpha value is -3.32. The minimum absolute atomic E-state index is 0.0132. The van der Waals surface area contributed by atoms with E-state index in [1.165, 1.54) is 4.90 Å². The van der Waals surface area contributed by atoms with Gasteiger partial charge in [-0.3, -0.25) is 9.59 Å². The Morgan fingerprint density at radius 3 is 2.50 bits per heavy atom. The summed E-state index contributed by atoms with van der Waals surface area (Å²) in [4.78, 5) is 27.1. The molecule has 0 saturated carbocycles. The summed E-state index contributed by atoms with van der Waals surface area (Å²) in [6.45, 7) is 3.90. The van der Waals surface area contributed by atoms with Crippen LogP contribution in [0.4, 0.5) is 5.69 Å². The number of hydrazine groups is 1. The first-order valence-electron chi connectivity index (χ1n) is 9.99. The van der Waals surface area contributed by atoms with Crippen LogP contribution in [-0.4, -0.2) is 41.4 Å². The lowest BCUT2D eigenvalue weighted by atomic mass is 10.0. The molecule has 2 heterocycles. The van der Waals surface area contributed by atoms with E-state index in [1.54, 1.807) is 13.3 Å². The highest BCUT2D eigenvalue weighted by Gasteiger charge is 2.40. The van der Waals surface area contributed by atoms with Crippen molar-refractivity contribution in [3.8, 4) is 5.75 Å². The van der Waals surface area contributed by atoms with Crippen LogP contribution >= 0.6 is 0 Å². The topological polar surface area (TPSA) is 73.9 Å². The molecule has 30 heavy (non-hydrogen) atoms. The summed E-state index contributed by atoms with van der Waals surface area (Å²) < 4.78 is 5.21. The number of benzene rings is 2. The molecule has 7 heteroatoms. The van der Waals surface area contributed by atoms with Crippen molar-refractivity contribution in [3.05, 3.63) is 71.6 Å². The van der Waals surface area contributed by atoms with E-state index < -0.39 is 0 Å². The maximum atomic E-state index is 13.0. The number of para-hydroxylation sites is 1. The molecule has 2 amide bonds. The Morgan fingerprint density at radius 1 is 1.13 bits per heavy atom. The fourth-order valence-electron chi connectivity index (χ4n) is 3.97. The maximum absolute atomic E-state index is 13.0. The van der Waals surface area contributed by atoms with E-state index in [2.05, 4.69) is 10.7 Å². The van der Waals surface area contributed by atoms with Gasteiger partial charge in [0.15, 0.2) is 0 Å². The van der Waals surface area contributed by atoms with Crippen molar-refractivity contribution in [3.63, 3.8) is 0 Å². The Labute approximate surface area is 176 Å². The second kappa shape index (κ2) is 8.20. The number of carbonyl (C=O) groups is 2. The van der Waals surface area contributed by atoms with Gasteiger partial charge in [0.1, 0.15) is 18.3 Å². The first-order valence-corrected chi connectivity index (χ1v) is 9.99. The number of aryl methyl sites for hydroxylation is 2. The SMILES string of the molecule is COc1ccc(C2CC3C(=O)N(CC(=O)Nc4c(C)cccc4C)C=CN3N2)cc1. The third-order valence-corrected chi connectivity index (χ3v) is 5.65. The predicted molar refractivity (Wildman–Crippen MR) is 115 cm³/mol. The molecule has 0 aromatic heterocycles. The molecule has 2 aliphatic heterocycles. The molecule has 4 rings (SSSR count). The van der Waals surface area contributed by atoms with E-state index in [1.807, 2.05) is 67.5 Å². The molecule has 1 saturated heterocycles. The van der Waals surface area contributed by atoms with Crippen LogP contribution in [-0.2, 0) is 9.59 Å². The third-order valence-electron chi connectivity index (χ3n) is 5.65. The minimum atomic E-state index is -0.338. The number of rotatable bonds is 5. The van der Waals surface area contributed by atoms with Crippen LogP contribution in [0.25, 0.3) is 0 Å². The van der Waals surface area contributed by atoms with Gasteiger partial charge in [0, 0.05) is 18.1 Å². The standard InChI is InChI=1S/C23H26N4O3/c1-15-5-4-6-16(2)22(15)24-21(28)14-26-11-12-27-20(23(26)29)13-19(25-27)17-7-9-18(30-3)10-8-17/h4-12,19-20,25H,13-14H2,1-3H3,(H,24,28). The fraction of sp³-hybridized carbons (Fsp3) is 0.304. The van der Waals surface area contributed by atoms with Crippen LogP contribution < -0.4 is 15.5 Å². The normalized spacial score (nSPS) is 20.3. The van der Waals surface area contributed by atoms with Crippen LogP contribution in [0.1, 0.15) is 29.2 Å². The second-order valence-corrected chi connectivity index (χ2v) is 7.69. The van der Waals surface area contributed by atoms with E-state index in [-0.39, 0.29) is 30.4 Å². The average molecular weight is 406 g/mol. The summed E-state index contributed by atoms with van der Waals surface area (Å²) in [5.41, 5.74) is 7.25. The Bertz CT molecular complexity index is 966. The van der Waals surface area contributed by atoms with Crippen molar-refractivity contribution in [2.24, 2.45) is 0 Å². The van der Waals surface area contributed by atoms with Crippen LogP contribution in [0, 0.1) is 13.8 Å². The van der Waals surface area contributed by atoms with Gasteiger partial charge in [-0.2, -0.15) is 0 Å². The zero-order valence-electron chi connectivity index (χ0n) is 17.4. The highest BCUT2D eigenvalue weighted by Crippen LogP contribution is 2.31. The zero-order valence-corrected chi connectivity index (χ0v) is 17.4. The molecule has 2 unspecified atom stereocenters. The highest BCUT2D eigenvalue weighted by molar-refractivity contribution is 5.97. The summed E-state index contributed by atoms with van der Waals surface area (Å²) in [6, 6.07) is 13.4. The van der Waals surface area contributed by atoms with Gasteiger partial charge < -0.3 is 20.0 Å². The predicted octanol–water partition coefficient (Wildman–Crippen LogP) is 2.88. The molecule has 2 aromatic carbocycles. The monoisotopic (exact) mass is 406 g/mol. The molecule has 156 valence electrons. The number of ether oxygens (including phenoxy) is 1. The lowest BCUT2D eigenvalue weighted by Gasteiger charge is -2.31. The fourth-order valence-corrected chi connectivity index (χ4v) is 3.97. The molecule has 2 aliphatic rings. The van der Waals surface area contributed by atoms with Gasteiger partial charge in [0.2, 0.25) is 5.91 Å². The largest absolute Gasteiger partial charge is 0.497 e. The average Bonchev–Trinajstić information content (AvgIpc) is 3.18. The molecular weight excluding hydrogens is 380 g/mol. The van der Waals surface area contributed by atoms with Crippen LogP contribution in [0.5, 0.6) is 5.75 Å². The van der Waals surface area contributed by atoms with Crippen molar-refractivity contribution < 1.29 is 14.3 Å². The molecule has 0 radical (unpaired) electrons. The summed E-state index contributed by atoms with van der Waals surface area (Å²) in [5.74, 6) is 0.501. The van der Waals surface area contributed by atoms with E-state index in [0.717, 1.165) is 28.1 Å². The van der Waals surface area contributed by atoms with Crippen molar-refractivity contribution >= 4 is 17.5 Å². The first-order chi connectivity index (χ1) is 14.5. The van der Waals surface area contributed by atoms with Crippen molar-refractivity contribution in [2.45, 2.75) is 32.4 Å². The lowest BCUT2D eigenvalue weighted by Crippen LogP contribution is -2.49. The summed E-state index contributed by atoms with van der Waals surface area (Å²) in [6.07, 6.45) is 4.11. The molecule has 2 aromatic rings. The minimum Gasteiger partial charge on any atom is -0.497 e. The van der Waals surface area contributed by atoms with Gasteiger partial charge in [-0.05, 0) is 49.1 Å². The van der Waals surface area contributed by atoms with Crippen molar-refractivity contribution in [2.75, 3.05) is 19.0 Å². The number of carbonyl (C=O) groups excluding carboxylic acids is 2. The van der Waals surface area contributed by atoms with Gasteiger partial charge in [-0.25, -0.2) is 5.43 Å². The molecule has 2 atom stereocenters. The molecular formula is C23H26N4O3. The number of fused-ring (bicyclic) bond motifs is 1. The quantitative estimate of drug-likeness (QED) is 0.799. The number of nitrogens with one attached hydrogen (secondary N) is 2. The van der Waals surface area contributed by atoms with Gasteiger partial charge in [0.25, 0.3) is 5.91 Å². The molecule has 0 spiro atoms. The van der Waals surface area contributed by atoms with Gasteiger partial charge in [0.05, 0.1) is 13.2 Å². The van der Waals surface area contributed by atoms with E-state index in [0.29, 0.717) is 6.42 Å². The smallest absolute Gasteiger partial charge is 0.251 e. The number of methoxy groups -OCH3 is 1. The maximum Gasteiger partial charge on any atom is 0.251 e. The number of hydrogen-bond donors (Lipinski definition) is 2. The molecule has 1 fully saturated rings. The van der Waals surface area contributed by atoms with Crippen LogP contribution in [0.3, 0.4) is 0 Å². The number of anilines is 1. The van der Waals surface area contributed by atoms with Gasteiger partial charge in [-0.15, -0.1) is 0 Å². The summed E-state index contributed by atoms with van der Waals surface area (Å²) >= 11 is 0. The molecule has 7 nitrogen and oxygen atoms in total. The van der Waals surface area contributed by atoms with Crippen molar-refractivity contribution in [1.82, 2.24) is 15.3 Å². The Kier molecular flexibility index (Phi) is 5.46. The van der Waals surface area contributed by atoms with Crippen LogP contribution in [0.2, 0.25) is 0 Å². The third kappa shape index (κ3) is 3.89. The number of nitrogens with zero attached hydrogens (tertiary/aromatic N) is 2. The molecule has 2 N–H and O–H groups in total. The molecule has 0 bridgehead atoms. The van der Waals surface area contributed by atoms with E-state index in [9.17, 15) is 9.59 Å². The van der Waals surface area contributed by atoms with Gasteiger partial charge >= 0.3 is 0 Å². The highest BCUT2D eigenvalue weighted by atomic mass is 16.5. The number of hydrogen-bond acceptors (Lipinski definition) is 5. The number of amides is 2. The van der Waals surface area contributed by atoms with Crippen molar-refractivity contribution in [1.29, 1.82) is 0 Å². The second-order valence-electron chi connectivity index (χ2n) is 7.69. The summed E-state index contributed by atoms with van der Waals surface area (Å²) in [7, 11) is 1.64. The van der Waals surface area contributed by atoms with E-state index >= 15 is 0 Å². The van der Waals surface area contributed by atoms with Crippen LogP contribution in [0.15, 0.2) is 54.9 Å².